The van der Waals surface area contributed by atoms with Gasteiger partial charge in [-0.3, -0.25) is 4.79 Å². The van der Waals surface area contributed by atoms with Gasteiger partial charge in [0.1, 0.15) is 17.5 Å². The van der Waals surface area contributed by atoms with Crippen molar-refractivity contribution in [1.82, 2.24) is 29.0 Å². The van der Waals surface area contributed by atoms with E-state index < -0.39 is 0 Å². The van der Waals surface area contributed by atoms with Crippen LogP contribution in [0.15, 0.2) is 47.2 Å². The van der Waals surface area contributed by atoms with Crippen LogP contribution in [-0.2, 0) is 20.0 Å². The van der Waals surface area contributed by atoms with Gasteiger partial charge in [-0.25, -0.2) is 15.0 Å². The Morgan fingerprint density at radius 2 is 2.11 bits per heavy atom. The van der Waals surface area contributed by atoms with Gasteiger partial charge >= 0.3 is 0 Å². The molecule has 6 rings (SSSR count). The van der Waals surface area contributed by atoms with Gasteiger partial charge in [0.15, 0.2) is 11.5 Å². The molecule has 10 nitrogen and oxygen atoms in total. The number of benzene rings is 1. The average Bonchev–Trinajstić information content (AvgIpc) is 3.58. The van der Waals surface area contributed by atoms with Crippen molar-refractivity contribution >= 4 is 28.0 Å². The number of carbonyl (C=O) groups excluding carboxylic acids is 1. The van der Waals surface area contributed by atoms with Crippen LogP contribution < -0.4 is 10.5 Å². The maximum Gasteiger partial charge on any atom is 0.255 e. The molecular formula is C26H27N7O3. The predicted molar refractivity (Wildman–Crippen MR) is 135 cm³/mol. The number of pyridine rings is 1. The highest BCUT2D eigenvalue weighted by molar-refractivity contribution is 5.99. The summed E-state index contributed by atoms with van der Waals surface area (Å²) in [5.41, 5.74) is 10.5. The Hall–Kier alpha value is -4.18. The minimum absolute atomic E-state index is 0.0436. The van der Waals surface area contributed by atoms with Crippen LogP contribution in [-0.4, -0.2) is 61.1 Å². The van der Waals surface area contributed by atoms with Crippen LogP contribution in [0.3, 0.4) is 0 Å². The quantitative estimate of drug-likeness (QED) is 0.393. The maximum atomic E-state index is 13.1. The molecule has 4 aromatic heterocycles. The standard InChI is InChI=1S/C26H27N7O3/c1-15(27)13-32-9-7-18-17(26(32)34)12-19-24(29-18)31(2)25(30-19)20-11-16-5-4-6-21(35-3)23(16)33(20)14-22-28-8-10-36-22/h4-6,8,10-12,15H,7,9,13-14,27H2,1-3H3. The van der Waals surface area contributed by atoms with Crippen molar-refractivity contribution in [3.05, 3.63) is 59.9 Å². The number of nitrogens with two attached hydrogens (primary N) is 1. The number of imidazole rings is 1. The van der Waals surface area contributed by atoms with Gasteiger partial charge in [0.05, 0.1) is 42.3 Å². The van der Waals surface area contributed by atoms with Gasteiger partial charge in [-0.15, -0.1) is 0 Å². The Morgan fingerprint density at radius 1 is 1.25 bits per heavy atom. The predicted octanol–water partition coefficient (Wildman–Crippen LogP) is 2.98. The normalized spacial score (nSPS) is 14.6. The molecule has 10 heteroatoms. The van der Waals surface area contributed by atoms with E-state index in [-0.39, 0.29) is 11.9 Å². The van der Waals surface area contributed by atoms with E-state index in [2.05, 4.69) is 15.6 Å². The SMILES string of the molecule is COc1cccc2cc(-c3nc4cc5c(nc4n3C)CCN(CC(C)N)C5=O)n(Cc3ncco3)c12. The maximum absolute atomic E-state index is 13.1. The smallest absolute Gasteiger partial charge is 0.255 e. The van der Waals surface area contributed by atoms with Crippen LogP contribution >= 0.6 is 0 Å². The number of nitrogens with zero attached hydrogens (tertiary/aromatic N) is 6. The summed E-state index contributed by atoms with van der Waals surface area (Å²) in [5.74, 6) is 2.01. The largest absolute Gasteiger partial charge is 0.495 e. The fourth-order valence-electron chi connectivity index (χ4n) is 5.06. The lowest BCUT2D eigenvalue weighted by Crippen LogP contribution is -2.44. The molecule has 5 aromatic rings. The first kappa shape index (κ1) is 22.3. The van der Waals surface area contributed by atoms with Crippen molar-refractivity contribution < 1.29 is 13.9 Å². The van der Waals surface area contributed by atoms with Crippen molar-refractivity contribution in [1.29, 1.82) is 0 Å². The van der Waals surface area contributed by atoms with Gasteiger partial charge in [0.2, 0.25) is 5.89 Å². The summed E-state index contributed by atoms with van der Waals surface area (Å²) in [6.07, 6.45) is 3.88. The van der Waals surface area contributed by atoms with E-state index in [4.69, 9.17) is 24.9 Å². The number of methoxy groups -OCH3 is 1. The number of oxazole rings is 1. The minimum Gasteiger partial charge on any atom is -0.495 e. The third-order valence-electron chi connectivity index (χ3n) is 6.68. The topological polar surface area (TPSA) is 117 Å². The molecule has 1 aromatic carbocycles. The van der Waals surface area contributed by atoms with Gasteiger partial charge in [0.25, 0.3) is 5.91 Å². The van der Waals surface area contributed by atoms with Crippen molar-refractivity contribution in [2.75, 3.05) is 20.2 Å². The number of hydrogen-bond donors (Lipinski definition) is 1. The van der Waals surface area contributed by atoms with Crippen molar-refractivity contribution in [2.45, 2.75) is 25.9 Å². The number of hydrogen-bond acceptors (Lipinski definition) is 7. The fourth-order valence-corrected chi connectivity index (χ4v) is 5.06. The zero-order valence-electron chi connectivity index (χ0n) is 20.4. The van der Waals surface area contributed by atoms with Gasteiger partial charge in [-0.2, -0.15) is 0 Å². The molecule has 2 N–H and O–H groups in total. The number of rotatable bonds is 6. The molecule has 1 aliphatic heterocycles. The lowest BCUT2D eigenvalue weighted by Gasteiger charge is -2.29. The van der Waals surface area contributed by atoms with Gasteiger partial charge in [0, 0.05) is 38.0 Å². The van der Waals surface area contributed by atoms with E-state index in [1.165, 1.54) is 0 Å². The number of aromatic nitrogens is 5. The van der Waals surface area contributed by atoms with E-state index in [1.807, 2.05) is 42.8 Å². The lowest BCUT2D eigenvalue weighted by atomic mass is 10.0. The Kier molecular flexibility index (Phi) is 5.26. The number of aryl methyl sites for hydroxylation is 1. The molecule has 1 aliphatic rings. The summed E-state index contributed by atoms with van der Waals surface area (Å²) >= 11 is 0. The molecule has 0 bridgehead atoms. The first-order chi connectivity index (χ1) is 17.4. The molecule has 0 spiro atoms. The monoisotopic (exact) mass is 485 g/mol. The van der Waals surface area contributed by atoms with Crippen LogP contribution in [0.2, 0.25) is 0 Å². The molecule has 0 fully saturated rings. The van der Waals surface area contributed by atoms with Crippen LogP contribution in [0.1, 0.15) is 28.9 Å². The zero-order chi connectivity index (χ0) is 25.0. The highest BCUT2D eigenvalue weighted by Gasteiger charge is 2.28. The summed E-state index contributed by atoms with van der Waals surface area (Å²) in [6.45, 7) is 3.44. The number of para-hydroxylation sites is 1. The van der Waals surface area contributed by atoms with Gasteiger partial charge in [-0.1, -0.05) is 12.1 Å². The van der Waals surface area contributed by atoms with E-state index in [0.717, 1.165) is 39.5 Å². The van der Waals surface area contributed by atoms with E-state index in [9.17, 15) is 4.79 Å². The Morgan fingerprint density at radius 3 is 2.86 bits per heavy atom. The minimum atomic E-state index is -0.0868. The lowest BCUT2D eigenvalue weighted by molar-refractivity contribution is 0.0730. The van der Waals surface area contributed by atoms with Crippen LogP contribution in [0.25, 0.3) is 33.6 Å². The number of carbonyl (C=O) groups is 1. The summed E-state index contributed by atoms with van der Waals surface area (Å²) in [4.78, 5) is 29.1. The second kappa shape index (κ2) is 8.49. The third kappa shape index (κ3) is 3.53. The first-order valence-electron chi connectivity index (χ1n) is 11.9. The average molecular weight is 486 g/mol. The molecule has 0 saturated carbocycles. The molecule has 36 heavy (non-hydrogen) atoms. The Balaban J connectivity index is 1.52. The van der Waals surface area contributed by atoms with Crippen molar-refractivity contribution in [3.8, 4) is 17.3 Å². The van der Waals surface area contributed by atoms with Crippen LogP contribution in [0, 0.1) is 0 Å². The van der Waals surface area contributed by atoms with E-state index >= 15 is 0 Å². The summed E-state index contributed by atoms with van der Waals surface area (Å²) in [6, 6.07) is 9.79. The number of ether oxygens (including phenoxy) is 1. The van der Waals surface area contributed by atoms with Crippen LogP contribution in [0.5, 0.6) is 5.75 Å². The molecule has 184 valence electrons. The third-order valence-corrected chi connectivity index (χ3v) is 6.68. The molecule has 5 heterocycles. The number of fused-ring (bicyclic) bond motifs is 3. The van der Waals surface area contributed by atoms with Gasteiger partial charge in [-0.05, 0) is 25.1 Å². The summed E-state index contributed by atoms with van der Waals surface area (Å²) in [5, 5.41) is 1.01. The summed E-state index contributed by atoms with van der Waals surface area (Å²) in [7, 11) is 3.60. The van der Waals surface area contributed by atoms with Crippen molar-refractivity contribution in [3.63, 3.8) is 0 Å². The molecule has 0 saturated heterocycles. The zero-order valence-corrected chi connectivity index (χ0v) is 20.4. The Labute approximate surface area is 207 Å². The highest BCUT2D eigenvalue weighted by Crippen LogP contribution is 2.35. The molecule has 0 radical (unpaired) electrons. The van der Waals surface area contributed by atoms with E-state index in [1.54, 1.807) is 24.5 Å². The molecule has 1 amide bonds. The molecule has 0 aliphatic carbocycles. The second-order valence-corrected chi connectivity index (χ2v) is 9.24. The summed E-state index contributed by atoms with van der Waals surface area (Å²) < 4.78 is 15.3. The van der Waals surface area contributed by atoms with Crippen LogP contribution in [0.4, 0.5) is 0 Å². The molecule has 1 atom stereocenters. The molecule has 1 unspecified atom stereocenters. The number of amides is 1. The second-order valence-electron chi connectivity index (χ2n) is 9.24. The van der Waals surface area contributed by atoms with Crippen molar-refractivity contribution in [2.24, 2.45) is 12.8 Å². The molecular weight excluding hydrogens is 458 g/mol. The first-order valence-corrected chi connectivity index (χ1v) is 11.9. The van der Waals surface area contributed by atoms with Gasteiger partial charge < -0.3 is 28.9 Å². The highest BCUT2D eigenvalue weighted by atomic mass is 16.5. The fraction of sp³-hybridized carbons (Fsp3) is 0.308. The Bertz CT molecular complexity index is 1600. The van der Waals surface area contributed by atoms with E-state index in [0.29, 0.717) is 43.0 Å².